The maximum atomic E-state index is 12.9. The molecular weight excluding hydrogens is 314 g/mol. The van der Waals surface area contributed by atoms with Gasteiger partial charge >= 0.3 is 0 Å². The third-order valence-corrected chi connectivity index (χ3v) is 5.16. The van der Waals surface area contributed by atoms with Gasteiger partial charge in [0.25, 0.3) is 0 Å². The van der Waals surface area contributed by atoms with Crippen LogP contribution in [0.5, 0.6) is 0 Å². The van der Waals surface area contributed by atoms with Gasteiger partial charge in [0, 0.05) is 30.0 Å². The highest BCUT2D eigenvalue weighted by Gasteiger charge is 2.50. The number of nitrogens with one attached hydrogen (secondary N) is 1. The van der Waals surface area contributed by atoms with Crippen molar-refractivity contribution in [1.29, 1.82) is 5.26 Å². The standard InChI is InChI=1S/C19H19N5O/c1-19(2)15-4-3-7-21-17(15)24(18(19)25)14-8-13(9-14)23-16-6-5-12(10-20)11-22-16/h3-7,11,13-14H,8-9H2,1-2H3,(H,22,23). The van der Waals surface area contributed by atoms with E-state index in [4.69, 9.17) is 5.26 Å². The van der Waals surface area contributed by atoms with Gasteiger partial charge in [0.15, 0.2) is 0 Å². The molecule has 0 saturated heterocycles. The van der Waals surface area contributed by atoms with Crippen molar-refractivity contribution < 1.29 is 4.79 Å². The van der Waals surface area contributed by atoms with E-state index < -0.39 is 5.41 Å². The highest BCUT2D eigenvalue weighted by atomic mass is 16.2. The van der Waals surface area contributed by atoms with Gasteiger partial charge in [-0.1, -0.05) is 6.07 Å². The summed E-state index contributed by atoms with van der Waals surface area (Å²) in [6, 6.07) is 9.94. The summed E-state index contributed by atoms with van der Waals surface area (Å²) in [5.74, 6) is 1.69. The highest BCUT2D eigenvalue weighted by Crippen LogP contribution is 2.44. The van der Waals surface area contributed by atoms with Crippen molar-refractivity contribution in [2.24, 2.45) is 0 Å². The molecule has 0 aromatic carbocycles. The van der Waals surface area contributed by atoms with Crippen LogP contribution >= 0.6 is 0 Å². The van der Waals surface area contributed by atoms with E-state index in [0.717, 1.165) is 30.0 Å². The Labute approximate surface area is 146 Å². The molecule has 1 aliphatic carbocycles. The number of anilines is 2. The first-order valence-corrected chi connectivity index (χ1v) is 8.42. The van der Waals surface area contributed by atoms with E-state index in [9.17, 15) is 4.79 Å². The van der Waals surface area contributed by atoms with E-state index in [1.165, 1.54) is 0 Å². The van der Waals surface area contributed by atoms with Crippen molar-refractivity contribution in [1.82, 2.24) is 9.97 Å². The maximum absolute atomic E-state index is 12.9. The van der Waals surface area contributed by atoms with Gasteiger partial charge in [0.05, 0.1) is 11.0 Å². The molecule has 1 amide bonds. The van der Waals surface area contributed by atoms with Crippen LogP contribution in [0.4, 0.5) is 11.6 Å². The molecule has 126 valence electrons. The number of nitrogens with zero attached hydrogens (tertiary/aromatic N) is 4. The summed E-state index contributed by atoms with van der Waals surface area (Å²) < 4.78 is 0. The second kappa shape index (κ2) is 5.55. The minimum absolute atomic E-state index is 0.126. The molecule has 1 N–H and O–H groups in total. The van der Waals surface area contributed by atoms with Gasteiger partial charge in [-0.2, -0.15) is 5.26 Å². The Morgan fingerprint density at radius 2 is 2.08 bits per heavy atom. The van der Waals surface area contributed by atoms with Crippen molar-refractivity contribution >= 4 is 17.5 Å². The van der Waals surface area contributed by atoms with Gasteiger partial charge in [-0.15, -0.1) is 0 Å². The van der Waals surface area contributed by atoms with Crippen LogP contribution in [0.25, 0.3) is 0 Å². The second-order valence-electron chi connectivity index (χ2n) is 7.19. The molecule has 2 aromatic heterocycles. The molecule has 25 heavy (non-hydrogen) atoms. The Morgan fingerprint density at radius 3 is 2.76 bits per heavy atom. The van der Waals surface area contributed by atoms with Crippen LogP contribution in [0.1, 0.15) is 37.8 Å². The molecule has 2 aliphatic rings. The van der Waals surface area contributed by atoms with Crippen LogP contribution in [-0.4, -0.2) is 28.0 Å². The van der Waals surface area contributed by atoms with E-state index in [-0.39, 0.29) is 18.0 Å². The fourth-order valence-corrected chi connectivity index (χ4v) is 3.60. The van der Waals surface area contributed by atoms with Crippen LogP contribution in [0.15, 0.2) is 36.7 Å². The average molecular weight is 333 g/mol. The molecule has 6 nitrogen and oxygen atoms in total. The summed E-state index contributed by atoms with van der Waals surface area (Å²) in [4.78, 5) is 23.5. The Morgan fingerprint density at radius 1 is 1.28 bits per heavy atom. The van der Waals surface area contributed by atoms with Crippen molar-refractivity contribution in [3.8, 4) is 6.07 Å². The number of aromatic nitrogens is 2. The van der Waals surface area contributed by atoms with Crippen LogP contribution in [0, 0.1) is 11.3 Å². The number of hydrogen-bond acceptors (Lipinski definition) is 5. The zero-order chi connectivity index (χ0) is 17.6. The van der Waals surface area contributed by atoms with Crippen molar-refractivity contribution in [3.05, 3.63) is 47.8 Å². The average Bonchev–Trinajstić information content (AvgIpc) is 2.79. The molecule has 1 aliphatic heterocycles. The number of hydrogen-bond donors (Lipinski definition) is 1. The molecule has 0 radical (unpaired) electrons. The molecule has 0 unspecified atom stereocenters. The zero-order valence-electron chi connectivity index (χ0n) is 14.2. The summed E-state index contributed by atoms with van der Waals surface area (Å²) in [6.07, 6.45) is 5.03. The topological polar surface area (TPSA) is 81.9 Å². The summed E-state index contributed by atoms with van der Waals surface area (Å²) >= 11 is 0. The number of amides is 1. The van der Waals surface area contributed by atoms with Gasteiger partial charge in [-0.3, -0.25) is 9.69 Å². The smallest absolute Gasteiger partial charge is 0.238 e. The minimum atomic E-state index is -0.517. The van der Waals surface area contributed by atoms with Gasteiger partial charge < -0.3 is 5.32 Å². The minimum Gasteiger partial charge on any atom is -0.367 e. The molecule has 0 spiro atoms. The van der Waals surface area contributed by atoms with Crippen LogP contribution < -0.4 is 10.2 Å². The number of pyridine rings is 2. The molecule has 1 saturated carbocycles. The number of fused-ring (bicyclic) bond motifs is 1. The molecule has 6 heteroatoms. The largest absolute Gasteiger partial charge is 0.367 e. The third-order valence-electron chi connectivity index (χ3n) is 5.16. The van der Waals surface area contributed by atoms with Crippen LogP contribution in [-0.2, 0) is 10.2 Å². The van der Waals surface area contributed by atoms with Crippen molar-refractivity contribution in [2.45, 2.75) is 44.2 Å². The molecule has 1 fully saturated rings. The Balaban J connectivity index is 1.45. The lowest BCUT2D eigenvalue weighted by Gasteiger charge is -2.41. The van der Waals surface area contributed by atoms with Gasteiger partial charge in [-0.25, -0.2) is 9.97 Å². The van der Waals surface area contributed by atoms with Gasteiger partial charge in [0.1, 0.15) is 17.7 Å². The normalized spacial score (nSPS) is 23.6. The van der Waals surface area contributed by atoms with E-state index >= 15 is 0 Å². The van der Waals surface area contributed by atoms with E-state index in [2.05, 4.69) is 21.4 Å². The molecule has 0 bridgehead atoms. The first-order chi connectivity index (χ1) is 12.0. The molecular formula is C19H19N5O. The van der Waals surface area contributed by atoms with Crippen LogP contribution in [0.3, 0.4) is 0 Å². The third kappa shape index (κ3) is 2.43. The van der Waals surface area contributed by atoms with E-state index in [1.54, 1.807) is 18.5 Å². The first-order valence-electron chi connectivity index (χ1n) is 8.42. The fourth-order valence-electron chi connectivity index (χ4n) is 3.60. The number of carbonyl (C=O) groups is 1. The molecule has 4 rings (SSSR count). The Bertz CT molecular complexity index is 862. The van der Waals surface area contributed by atoms with Gasteiger partial charge in [-0.05, 0) is 44.9 Å². The first kappa shape index (κ1) is 15.6. The Kier molecular flexibility index (Phi) is 3.46. The molecule has 3 heterocycles. The molecule has 2 aromatic rings. The lowest BCUT2D eigenvalue weighted by atomic mass is 9.84. The van der Waals surface area contributed by atoms with Gasteiger partial charge in [0.2, 0.25) is 5.91 Å². The lowest BCUT2D eigenvalue weighted by molar-refractivity contribution is -0.122. The Hall–Kier alpha value is -2.94. The lowest BCUT2D eigenvalue weighted by Crippen LogP contribution is -2.53. The summed E-state index contributed by atoms with van der Waals surface area (Å²) in [5.41, 5.74) is 1.03. The van der Waals surface area contributed by atoms with E-state index in [0.29, 0.717) is 5.56 Å². The predicted molar refractivity (Wildman–Crippen MR) is 94.1 cm³/mol. The fraction of sp³-hybridized carbons (Fsp3) is 0.368. The number of carbonyl (C=O) groups excluding carboxylic acids is 1. The zero-order valence-corrected chi connectivity index (χ0v) is 14.2. The van der Waals surface area contributed by atoms with Crippen molar-refractivity contribution in [2.75, 3.05) is 10.2 Å². The number of nitriles is 1. The summed E-state index contributed by atoms with van der Waals surface area (Å²) in [5, 5.41) is 12.2. The molecule has 0 atom stereocenters. The quantitative estimate of drug-likeness (QED) is 0.933. The maximum Gasteiger partial charge on any atom is 0.238 e. The SMILES string of the molecule is CC1(C)C(=O)N(C2CC(Nc3ccc(C#N)cn3)C2)c2ncccc21. The highest BCUT2D eigenvalue weighted by molar-refractivity contribution is 6.07. The summed E-state index contributed by atoms with van der Waals surface area (Å²) in [7, 11) is 0. The summed E-state index contributed by atoms with van der Waals surface area (Å²) in [6.45, 7) is 3.93. The second-order valence-corrected chi connectivity index (χ2v) is 7.19. The van der Waals surface area contributed by atoms with Crippen molar-refractivity contribution in [3.63, 3.8) is 0 Å². The predicted octanol–water partition coefficient (Wildman–Crippen LogP) is 2.62. The number of rotatable bonds is 3. The monoisotopic (exact) mass is 333 g/mol. The van der Waals surface area contributed by atoms with E-state index in [1.807, 2.05) is 36.9 Å². The van der Waals surface area contributed by atoms with Crippen LogP contribution in [0.2, 0.25) is 0 Å².